The number of likely N-dealkylation sites (tertiary alicyclic amines) is 1. The summed E-state index contributed by atoms with van der Waals surface area (Å²) in [6, 6.07) is 9.79. The average Bonchev–Trinajstić information content (AvgIpc) is 3.71. The third-order valence-corrected chi connectivity index (χ3v) is 12.1. The van der Waals surface area contributed by atoms with Crippen LogP contribution in [0, 0.1) is 0 Å². The van der Waals surface area contributed by atoms with Crippen molar-refractivity contribution in [2.75, 3.05) is 60.4 Å². The SMILES string of the molecule is CC[C@@H]1C(=O)N(C)c2cnc(Nc3ccc(C(=O)NC4CCN(C5CN(c6ccc(C7CCC(=O)NC7=O)nc6)C5)CC4)cc3OC)nc2N1C1CCCC1. The summed E-state index contributed by atoms with van der Waals surface area (Å²) in [4.78, 5) is 73.1. The van der Waals surface area contributed by atoms with E-state index in [9.17, 15) is 19.2 Å². The Morgan fingerprint density at radius 3 is 2.44 bits per heavy atom. The van der Waals surface area contributed by atoms with Crippen LogP contribution in [0.2, 0.25) is 0 Å². The third-order valence-electron chi connectivity index (χ3n) is 12.1. The fourth-order valence-corrected chi connectivity index (χ4v) is 8.84. The van der Waals surface area contributed by atoms with Gasteiger partial charge in [0.25, 0.3) is 5.91 Å². The molecule has 6 heterocycles. The van der Waals surface area contributed by atoms with E-state index in [4.69, 9.17) is 9.72 Å². The second-order valence-electron chi connectivity index (χ2n) is 15.4. The molecule has 290 valence electrons. The maximum atomic E-state index is 13.4. The summed E-state index contributed by atoms with van der Waals surface area (Å²) in [5, 5.41) is 8.95. The molecule has 0 radical (unpaired) electrons. The first-order valence-electron chi connectivity index (χ1n) is 19.7. The fourth-order valence-electron chi connectivity index (χ4n) is 8.84. The highest BCUT2D eigenvalue weighted by molar-refractivity contribution is 6.04. The number of aromatic nitrogens is 3. The lowest BCUT2D eigenvalue weighted by Gasteiger charge is -2.48. The van der Waals surface area contributed by atoms with E-state index < -0.39 is 0 Å². The first kappa shape index (κ1) is 36.7. The van der Waals surface area contributed by atoms with Crippen molar-refractivity contribution in [1.82, 2.24) is 30.5 Å². The van der Waals surface area contributed by atoms with Crippen LogP contribution >= 0.6 is 0 Å². The predicted molar refractivity (Wildman–Crippen MR) is 208 cm³/mol. The molecule has 4 amide bonds. The highest BCUT2D eigenvalue weighted by Crippen LogP contribution is 2.40. The lowest BCUT2D eigenvalue weighted by atomic mass is 9.94. The predicted octanol–water partition coefficient (Wildman–Crippen LogP) is 3.73. The van der Waals surface area contributed by atoms with Crippen LogP contribution in [0.4, 0.5) is 28.8 Å². The van der Waals surface area contributed by atoms with E-state index in [-0.39, 0.29) is 47.7 Å². The van der Waals surface area contributed by atoms with Crippen LogP contribution in [0.5, 0.6) is 5.75 Å². The molecule has 15 heteroatoms. The number of methoxy groups -OCH3 is 1. The van der Waals surface area contributed by atoms with Crippen molar-refractivity contribution in [3.8, 4) is 5.75 Å². The number of hydrogen-bond acceptors (Lipinski definition) is 12. The summed E-state index contributed by atoms with van der Waals surface area (Å²) in [5.41, 5.74) is 3.59. The van der Waals surface area contributed by atoms with Crippen LogP contribution < -0.4 is 35.4 Å². The van der Waals surface area contributed by atoms with Gasteiger partial charge in [-0.15, -0.1) is 0 Å². The second kappa shape index (κ2) is 15.4. The first-order chi connectivity index (χ1) is 26.7. The van der Waals surface area contributed by atoms with E-state index in [0.29, 0.717) is 59.6 Å². The Morgan fingerprint density at radius 2 is 1.75 bits per heavy atom. The number of rotatable bonds is 10. The van der Waals surface area contributed by atoms with E-state index in [2.05, 4.69) is 40.6 Å². The zero-order chi connectivity index (χ0) is 38.2. The number of benzene rings is 1. The number of piperidine rings is 2. The molecule has 55 heavy (non-hydrogen) atoms. The number of pyridine rings is 1. The van der Waals surface area contributed by atoms with Gasteiger partial charge in [-0.25, -0.2) is 4.98 Å². The first-order valence-corrected chi connectivity index (χ1v) is 19.7. The number of imide groups is 1. The minimum absolute atomic E-state index is 0.0736. The molecule has 1 aromatic carbocycles. The number of nitrogens with zero attached hydrogens (tertiary/aromatic N) is 7. The Balaban J connectivity index is 0.842. The van der Waals surface area contributed by atoms with Crippen molar-refractivity contribution in [2.45, 2.75) is 94.8 Å². The molecule has 1 saturated carbocycles. The number of nitrogens with one attached hydrogen (secondary N) is 3. The molecule has 0 spiro atoms. The molecule has 5 aliphatic rings. The molecule has 4 aliphatic heterocycles. The number of anilines is 5. The Hall–Kier alpha value is -5.31. The molecule has 3 saturated heterocycles. The van der Waals surface area contributed by atoms with Crippen LogP contribution in [0.15, 0.2) is 42.7 Å². The van der Waals surface area contributed by atoms with Gasteiger partial charge in [-0.3, -0.25) is 34.4 Å². The summed E-state index contributed by atoms with van der Waals surface area (Å²) in [5.74, 6) is 0.737. The molecule has 0 bridgehead atoms. The Kier molecular flexibility index (Phi) is 10.3. The van der Waals surface area contributed by atoms with E-state index in [1.54, 1.807) is 37.4 Å². The van der Waals surface area contributed by atoms with Crippen molar-refractivity contribution in [3.05, 3.63) is 54.0 Å². The van der Waals surface area contributed by atoms with Crippen LogP contribution in [0.1, 0.15) is 86.7 Å². The van der Waals surface area contributed by atoms with Gasteiger partial charge in [0.05, 0.1) is 42.5 Å². The number of carbonyl (C=O) groups is 4. The Bertz CT molecular complexity index is 1940. The van der Waals surface area contributed by atoms with Crippen molar-refractivity contribution >= 4 is 52.5 Å². The van der Waals surface area contributed by atoms with Gasteiger partial charge in [0.2, 0.25) is 23.7 Å². The monoisotopic (exact) mass is 750 g/mol. The summed E-state index contributed by atoms with van der Waals surface area (Å²) >= 11 is 0. The Morgan fingerprint density at radius 1 is 0.964 bits per heavy atom. The third kappa shape index (κ3) is 7.29. The molecule has 1 aliphatic carbocycles. The maximum Gasteiger partial charge on any atom is 0.251 e. The maximum absolute atomic E-state index is 13.4. The van der Waals surface area contributed by atoms with Crippen LogP contribution in [-0.2, 0) is 14.4 Å². The summed E-state index contributed by atoms with van der Waals surface area (Å²) in [7, 11) is 3.37. The quantitative estimate of drug-likeness (QED) is 0.258. The summed E-state index contributed by atoms with van der Waals surface area (Å²) in [6.07, 6.45) is 11.2. The Labute approximate surface area is 321 Å². The van der Waals surface area contributed by atoms with Crippen molar-refractivity contribution in [2.24, 2.45) is 0 Å². The number of likely N-dealkylation sites (N-methyl/N-ethyl adjacent to an activating group) is 1. The van der Waals surface area contributed by atoms with Gasteiger partial charge in [0.1, 0.15) is 17.5 Å². The molecule has 3 aromatic rings. The molecule has 8 rings (SSSR count). The van der Waals surface area contributed by atoms with E-state index in [1.165, 1.54) is 0 Å². The van der Waals surface area contributed by atoms with Gasteiger partial charge in [-0.1, -0.05) is 19.8 Å². The molecular weight excluding hydrogens is 701 g/mol. The molecule has 2 atom stereocenters. The van der Waals surface area contributed by atoms with Gasteiger partial charge >= 0.3 is 0 Å². The van der Waals surface area contributed by atoms with Crippen LogP contribution in [-0.4, -0.2) is 108 Å². The van der Waals surface area contributed by atoms with E-state index in [1.807, 2.05) is 31.3 Å². The van der Waals surface area contributed by atoms with E-state index >= 15 is 0 Å². The van der Waals surface area contributed by atoms with Gasteiger partial charge < -0.3 is 30.1 Å². The molecule has 1 unspecified atom stereocenters. The molecular formula is C40H50N10O5. The molecule has 4 fully saturated rings. The van der Waals surface area contributed by atoms with E-state index in [0.717, 1.165) is 76.2 Å². The minimum Gasteiger partial charge on any atom is -0.495 e. The van der Waals surface area contributed by atoms with Crippen molar-refractivity contribution in [1.29, 1.82) is 0 Å². The lowest BCUT2D eigenvalue weighted by molar-refractivity contribution is -0.134. The number of carbonyl (C=O) groups excluding carboxylic acids is 4. The van der Waals surface area contributed by atoms with Gasteiger partial charge in [-0.05, 0) is 68.9 Å². The van der Waals surface area contributed by atoms with Crippen molar-refractivity contribution in [3.63, 3.8) is 0 Å². The summed E-state index contributed by atoms with van der Waals surface area (Å²) in [6.45, 7) is 5.67. The standard InChI is InChI=1S/C40H50N10O5/c1-4-32-39(54)47(2)33-21-42-40(46-36(33)50(32)26-7-5-6-8-26)44-31-12-9-24(19-34(31)55-3)37(52)43-25-15-17-48(18-16-25)28-22-49(23-28)27-10-13-30(41-20-27)29-11-14-35(51)45-38(29)53/h9-10,12-13,19-21,25-26,28-29,32H,4-8,11,14-18,22-23H2,1-3H3,(H,43,52)(H,42,44,46)(H,45,51,53)/t29?,32-/m1/s1. The lowest BCUT2D eigenvalue weighted by Crippen LogP contribution is -2.62. The zero-order valence-electron chi connectivity index (χ0n) is 31.8. The molecule has 15 nitrogen and oxygen atoms in total. The van der Waals surface area contributed by atoms with Crippen LogP contribution in [0.3, 0.4) is 0 Å². The zero-order valence-corrected chi connectivity index (χ0v) is 31.8. The minimum atomic E-state index is -0.378. The number of amides is 4. The topological polar surface area (TPSA) is 165 Å². The average molecular weight is 751 g/mol. The fraction of sp³-hybridized carbons (Fsp3) is 0.525. The smallest absolute Gasteiger partial charge is 0.251 e. The molecule has 3 N–H and O–H groups in total. The number of fused-ring (bicyclic) bond motifs is 1. The number of hydrogen-bond donors (Lipinski definition) is 3. The van der Waals surface area contributed by atoms with Gasteiger partial charge in [0, 0.05) is 63.3 Å². The number of ether oxygens (including phenoxy) is 1. The summed E-state index contributed by atoms with van der Waals surface area (Å²) < 4.78 is 5.72. The van der Waals surface area contributed by atoms with Gasteiger partial charge in [0.15, 0.2) is 5.82 Å². The van der Waals surface area contributed by atoms with Gasteiger partial charge in [-0.2, -0.15) is 4.98 Å². The second-order valence-corrected chi connectivity index (χ2v) is 15.4. The highest BCUT2D eigenvalue weighted by Gasteiger charge is 2.41. The normalized spacial score (nSPS) is 22.7. The highest BCUT2D eigenvalue weighted by atomic mass is 16.5. The van der Waals surface area contributed by atoms with Crippen LogP contribution in [0.25, 0.3) is 0 Å². The van der Waals surface area contributed by atoms with Crippen molar-refractivity contribution < 1.29 is 23.9 Å². The largest absolute Gasteiger partial charge is 0.495 e. The molecule has 2 aromatic heterocycles.